The van der Waals surface area contributed by atoms with Gasteiger partial charge in [0.1, 0.15) is 6.61 Å². The predicted molar refractivity (Wildman–Crippen MR) is 242 cm³/mol. The van der Waals surface area contributed by atoms with Gasteiger partial charge in [0.15, 0.2) is 0 Å². The first-order chi connectivity index (χ1) is 28.4. The molecule has 0 amide bonds. The van der Waals surface area contributed by atoms with E-state index in [4.69, 9.17) is 18.9 Å². The summed E-state index contributed by atoms with van der Waals surface area (Å²) in [5.41, 5.74) is 0.877. The Morgan fingerprint density at radius 2 is 1.59 bits per heavy atom. The van der Waals surface area contributed by atoms with Crippen molar-refractivity contribution in [1.82, 2.24) is 4.72 Å². The van der Waals surface area contributed by atoms with Gasteiger partial charge in [0, 0.05) is 17.9 Å². The molecule has 0 radical (unpaired) electrons. The highest BCUT2D eigenvalue weighted by atomic mass is 32.2. The third-order valence-electron chi connectivity index (χ3n) is 18.5. The molecule has 1 aliphatic heterocycles. The van der Waals surface area contributed by atoms with Crippen LogP contribution in [0.4, 0.5) is 0 Å². The zero-order valence-corrected chi connectivity index (χ0v) is 40.5. The number of aryl methyl sites for hydroxylation is 1. The number of ether oxygens (including phenoxy) is 4. The number of carbonyl (C=O) groups is 1. The number of sulfonamides is 1. The second-order valence-corrected chi connectivity index (χ2v) is 24.5. The Bertz CT molecular complexity index is 2060. The quantitative estimate of drug-likeness (QED) is 0.168. The smallest absolute Gasteiger partial charge is 0.310 e. The van der Waals surface area contributed by atoms with E-state index in [9.17, 15) is 13.2 Å². The molecule has 4 fully saturated rings. The second kappa shape index (κ2) is 16.2. The summed E-state index contributed by atoms with van der Waals surface area (Å²) in [5, 5.41) is 0. The monoisotopic (exact) mass is 860 g/mol. The largest absolute Gasteiger partial charge is 0.461 e. The van der Waals surface area contributed by atoms with Crippen molar-refractivity contribution in [3.05, 3.63) is 77.4 Å². The van der Waals surface area contributed by atoms with Crippen molar-refractivity contribution >= 4 is 16.0 Å². The lowest BCUT2D eigenvalue weighted by atomic mass is 9.34. The van der Waals surface area contributed by atoms with Crippen LogP contribution < -0.4 is 4.72 Å². The van der Waals surface area contributed by atoms with Crippen LogP contribution in [0.3, 0.4) is 0 Å². The molecule has 0 spiro atoms. The molecule has 9 heteroatoms. The van der Waals surface area contributed by atoms with E-state index in [1.54, 1.807) is 19.2 Å². The summed E-state index contributed by atoms with van der Waals surface area (Å²) in [6, 6.07) is 17.1. The fraction of sp³-hybridized carbons (Fsp3) is 0.712. The first-order valence-electron chi connectivity index (χ1n) is 23.2. The van der Waals surface area contributed by atoms with Gasteiger partial charge >= 0.3 is 5.97 Å². The van der Waals surface area contributed by atoms with Crippen LogP contribution in [0.15, 0.2) is 71.1 Å². The zero-order chi connectivity index (χ0) is 44.6. The molecule has 61 heavy (non-hydrogen) atoms. The van der Waals surface area contributed by atoms with E-state index in [-0.39, 0.29) is 69.3 Å². The van der Waals surface area contributed by atoms with Crippen molar-refractivity contribution in [1.29, 1.82) is 0 Å². The van der Waals surface area contributed by atoms with E-state index >= 15 is 0 Å². The van der Waals surface area contributed by atoms with Crippen LogP contribution in [-0.2, 0) is 40.4 Å². The van der Waals surface area contributed by atoms with Gasteiger partial charge in [0.25, 0.3) is 0 Å². The van der Waals surface area contributed by atoms with Gasteiger partial charge in [-0.3, -0.25) is 4.79 Å². The molecule has 1 heterocycles. The number of fused-ring (bicyclic) bond motifs is 3. The molecule has 1 saturated heterocycles. The maximum absolute atomic E-state index is 14.9. The number of hydrogen-bond acceptors (Lipinski definition) is 7. The number of methoxy groups -OCH3 is 1. The van der Waals surface area contributed by atoms with Crippen molar-refractivity contribution in [2.24, 2.45) is 62.1 Å². The number of rotatable bonds is 12. The Morgan fingerprint density at radius 3 is 2.21 bits per heavy atom. The van der Waals surface area contributed by atoms with Gasteiger partial charge in [0.05, 0.1) is 48.4 Å². The fourth-order valence-electron chi connectivity index (χ4n) is 13.6. The Morgan fingerprint density at radius 1 is 0.918 bits per heavy atom. The Balaban J connectivity index is 1.21. The van der Waals surface area contributed by atoms with Gasteiger partial charge in [-0.2, -0.15) is 0 Å². The van der Waals surface area contributed by atoms with Gasteiger partial charge in [-0.05, 0) is 115 Å². The van der Waals surface area contributed by atoms with E-state index in [0.29, 0.717) is 36.9 Å². The molecule has 2 aromatic rings. The molecule has 4 aliphatic carbocycles. The minimum atomic E-state index is -3.84. The lowest BCUT2D eigenvalue weighted by Crippen LogP contribution is -2.70. The van der Waals surface area contributed by atoms with Crippen LogP contribution in [0.2, 0.25) is 0 Å². The van der Waals surface area contributed by atoms with Crippen LogP contribution in [0, 0.1) is 69.0 Å². The zero-order valence-electron chi connectivity index (χ0n) is 39.7. The van der Waals surface area contributed by atoms with Gasteiger partial charge in [0.2, 0.25) is 10.0 Å². The maximum Gasteiger partial charge on any atom is 0.310 e. The molecule has 12 atom stereocenters. The summed E-state index contributed by atoms with van der Waals surface area (Å²) in [6.45, 7) is 28.4. The highest BCUT2D eigenvalue weighted by molar-refractivity contribution is 7.89. The van der Waals surface area contributed by atoms with E-state index in [2.05, 4.69) is 80.0 Å². The van der Waals surface area contributed by atoms with E-state index < -0.39 is 21.0 Å². The molecule has 5 aliphatic rings. The van der Waals surface area contributed by atoms with Crippen LogP contribution in [0.25, 0.3) is 0 Å². The standard InChI is InChI=1S/C52H77NO7S/c1-34(2)36(4)47(8)27-28-49(10)39-23-24-42-48(9)31-58-33-52(42,40(39)25-26-50(49,11)43(47)45(54)59-30-37-17-15-14-16-18-37)29-41(57-13)44(48)60-32-51(12,46(5,6)7)53-61(55,56)38-21-19-35(3)20-22-38/h14-22,25,34,36,39,41-44,53H,23-24,26-33H2,1-13H3/t36-,39+,41-,42+,43-,44+,47-,48?,49-,50+,51-,52+/m1/s1. The van der Waals surface area contributed by atoms with Crippen LogP contribution >= 0.6 is 0 Å². The number of benzene rings is 2. The van der Waals surface area contributed by atoms with Crippen molar-refractivity contribution in [3.8, 4) is 0 Å². The number of carbonyl (C=O) groups excluding carboxylic acids is 1. The van der Waals surface area contributed by atoms with E-state index in [0.717, 1.165) is 49.7 Å². The number of esters is 1. The topological polar surface area (TPSA) is 100 Å². The van der Waals surface area contributed by atoms with Gasteiger partial charge in [-0.15, -0.1) is 0 Å². The third-order valence-corrected chi connectivity index (χ3v) is 20.1. The average molecular weight is 860 g/mol. The van der Waals surface area contributed by atoms with Gasteiger partial charge < -0.3 is 18.9 Å². The molecule has 8 nitrogen and oxygen atoms in total. The van der Waals surface area contributed by atoms with Crippen molar-refractivity contribution in [3.63, 3.8) is 0 Å². The van der Waals surface area contributed by atoms with Crippen LogP contribution in [-0.4, -0.2) is 59.1 Å². The normalized spacial score (nSPS) is 37.7. The van der Waals surface area contributed by atoms with E-state index in [1.807, 2.05) is 56.3 Å². The maximum atomic E-state index is 14.9. The van der Waals surface area contributed by atoms with E-state index in [1.165, 1.54) is 5.57 Å². The molecule has 2 aromatic carbocycles. The molecule has 7 rings (SSSR count). The summed E-state index contributed by atoms with van der Waals surface area (Å²) in [7, 11) is -2.04. The highest BCUT2D eigenvalue weighted by Crippen LogP contribution is 2.75. The van der Waals surface area contributed by atoms with Gasteiger partial charge in [-0.25, -0.2) is 13.1 Å². The first kappa shape index (κ1) is 46.4. The molecule has 1 unspecified atom stereocenters. The summed E-state index contributed by atoms with van der Waals surface area (Å²) in [4.78, 5) is 15.1. The lowest BCUT2D eigenvalue weighted by Gasteiger charge is -2.71. The summed E-state index contributed by atoms with van der Waals surface area (Å²) >= 11 is 0. The molecule has 3 saturated carbocycles. The minimum Gasteiger partial charge on any atom is -0.461 e. The number of allylic oxidation sites excluding steroid dienone is 1. The summed E-state index contributed by atoms with van der Waals surface area (Å²) in [5.74, 6) is 1.06. The highest BCUT2D eigenvalue weighted by Gasteiger charge is 2.72. The average Bonchev–Trinajstić information content (AvgIpc) is 3.19. The second-order valence-electron chi connectivity index (χ2n) is 22.8. The molecular formula is C52H77NO7S. The fourth-order valence-corrected chi connectivity index (χ4v) is 15.2. The van der Waals surface area contributed by atoms with Crippen molar-refractivity contribution in [2.45, 2.75) is 151 Å². The molecule has 0 aromatic heterocycles. The molecular weight excluding hydrogens is 783 g/mol. The number of nitrogens with one attached hydrogen (secondary N) is 1. The van der Waals surface area contributed by atoms with Crippen LogP contribution in [0.1, 0.15) is 126 Å². The molecule has 2 bridgehead atoms. The molecule has 338 valence electrons. The first-order valence-corrected chi connectivity index (χ1v) is 24.6. The summed E-state index contributed by atoms with van der Waals surface area (Å²) in [6.07, 6.45) is 7.74. The Kier molecular flexibility index (Phi) is 12.3. The Hall–Kier alpha value is -2.56. The Labute approximate surface area is 368 Å². The van der Waals surface area contributed by atoms with Crippen molar-refractivity contribution in [2.75, 3.05) is 26.9 Å². The lowest BCUT2D eigenvalue weighted by molar-refractivity contribution is -0.270. The number of hydrogen-bond donors (Lipinski definition) is 1. The minimum absolute atomic E-state index is 0.0509. The molecule has 1 N–H and O–H groups in total. The third kappa shape index (κ3) is 7.50. The predicted octanol–water partition coefficient (Wildman–Crippen LogP) is 10.7. The SMILES string of the molecule is CO[C@@H]1C[C@@]23COCC(C)([C@H]1OC[C@@](C)(NS(=O)(=O)c1ccc(C)cc1)C(C)(C)C)[C@@H]2CC[C@H]1C3=CC[C@@]2(C)[C@H](C(=O)OCc3ccccc3)[C@@](C)([C@H](C)C(C)C)CC[C@]12C. The van der Waals surface area contributed by atoms with Crippen molar-refractivity contribution < 1.29 is 32.2 Å². The van der Waals surface area contributed by atoms with Crippen LogP contribution in [0.5, 0.6) is 0 Å². The van der Waals surface area contributed by atoms with Gasteiger partial charge in [-0.1, -0.05) is 129 Å². The summed E-state index contributed by atoms with van der Waals surface area (Å²) < 4.78 is 57.6.